The monoisotopic (exact) mass is 592 g/mol. The number of thiophene rings is 1. The van der Waals surface area contributed by atoms with Crippen LogP contribution in [0.15, 0.2) is 154 Å². The van der Waals surface area contributed by atoms with Gasteiger partial charge in [0.2, 0.25) is 0 Å². The molecule has 3 aromatic heterocycles. The molecule has 0 unspecified atom stereocenters. The van der Waals surface area contributed by atoms with Gasteiger partial charge in [-0.25, -0.2) is 0 Å². The molecule has 10 aromatic rings. The zero-order chi connectivity index (χ0) is 29.5. The van der Waals surface area contributed by atoms with Gasteiger partial charge in [0.25, 0.3) is 0 Å². The molecule has 0 aliphatic carbocycles. The van der Waals surface area contributed by atoms with E-state index in [4.69, 9.17) is 8.83 Å². The quantitative estimate of drug-likeness (QED) is 0.204. The van der Waals surface area contributed by atoms with Gasteiger partial charge in [-0.05, 0) is 69.8 Å². The second-order valence-corrected chi connectivity index (χ2v) is 12.7. The summed E-state index contributed by atoms with van der Waals surface area (Å²) in [4.78, 5) is 0. The van der Waals surface area contributed by atoms with E-state index in [1.54, 1.807) is 0 Å². The Morgan fingerprint density at radius 2 is 0.889 bits per heavy atom. The van der Waals surface area contributed by atoms with Crippen molar-refractivity contribution < 1.29 is 8.83 Å². The van der Waals surface area contributed by atoms with Crippen LogP contribution < -0.4 is 0 Å². The van der Waals surface area contributed by atoms with Crippen LogP contribution in [0.2, 0.25) is 0 Å². The van der Waals surface area contributed by atoms with Gasteiger partial charge in [0.05, 0.1) is 0 Å². The first-order valence-corrected chi connectivity index (χ1v) is 16.0. The van der Waals surface area contributed by atoms with E-state index in [0.717, 1.165) is 55.0 Å². The van der Waals surface area contributed by atoms with E-state index in [2.05, 4.69) is 133 Å². The first kappa shape index (κ1) is 24.8. The summed E-state index contributed by atoms with van der Waals surface area (Å²) in [5.74, 6) is 0. The van der Waals surface area contributed by atoms with Crippen LogP contribution >= 0.6 is 11.3 Å². The number of rotatable bonds is 3. The Kier molecular flexibility index (Phi) is 5.19. The maximum absolute atomic E-state index is 6.47. The Labute approximate surface area is 262 Å². The third kappa shape index (κ3) is 3.68. The van der Waals surface area contributed by atoms with E-state index in [-0.39, 0.29) is 0 Å². The van der Waals surface area contributed by atoms with Crippen molar-refractivity contribution in [3.8, 4) is 33.4 Å². The van der Waals surface area contributed by atoms with Crippen molar-refractivity contribution in [3.63, 3.8) is 0 Å². The van der Waals surface area contributed by atoms with Crippen LogP contribution in [0.25, 0.3) is 97.4 Å². The van der Waals surface area contributed by atoms with Gasteiger partial charge in [0.15, 0.2) is 0 Å². The van der Waals surface area contributed by atoms with Gasteiger partial charge in [0.1, 0.15) is 22.3 Å². The summed E-state index contributed by atoms with van der Waals surface area (Å²) in [7, 11) is 0. The third-order valence-electron chi connectivity index (χ3n) is 9.12. The summed E-state index contributed by atoms with van der Waals surface area (Å²) in [6.07, 6.45) is 0. The van der Waals surface area contributed by atoms with Crippen LogP contribution in [0.1, 0.15) is 0 Å². The lowest BCUT2D eigenvalue weighted by molar-refractivity contribution is 0.669. The van der Waals surface area contributed by atoms with Gasteiger partial charge in [0, 0.05) is 41.7 Å². The molecule has 0 amide bonds. The highest BCUT2D eigenvalue weighted by Crippen LogP contribution is 2.44. The first-order chi connectivity index (χ1) is 22.3. The fourth-order valence-corrected chi connectivity index (χ4v) is 8.28. The van der Waals surface area contributed by atoms with Crippen LogP contribution in [-0.4, -0.2) is 0 Å². The number of benzene rings is 7. The Balaban J connectivity index is 1.14. The summed E-state index contributed by atoms with van der Waals surface area (Å²) in [5.41, 5.74) is 10.7. The molecule has 0 saturated carbocycles. The number of hydrogen-bond donors (Lipinski definition) is 0. The van der Waals surface area contributed by atoms with Crippen LogP contribution in [0, 0.1) is 0 Å². The Morgan fingerprint density at radius 3 is 1.69 bits per heavy atom. The van der Waals surface area contributed by atoms with Gasteiger partial charge in [-0.15, -0.1) is 11.3 Å². The molecule has 0 saturated heterocycles. The maximum Gasteiger partial charge on any atom is 0.136 e. The molecular formula is C42H24O2S. The largest absolute Gasteiger partial charge is 0.456 e. The molecule has 0 atom stereocenters. The Morgan fingerprint density at radius 1 is 0.356 bits per heavy atom. The SMILES string of the molecule is c1ccc2c(c1)oc1ccc(-c3cccc4oc5cccc(-c6ccc(-c7cccc8c7sc7ccccc78)cc6)c5c34)cc12. The van der Waals surface area contributed by atoms with Crippen LogP contribution in [0.3, 0.4) is 0 Å². The minimum absolute atomic E-state index is 0.889. The summed E-state index contributed by atoms with van der Waals surface area (Å²) in [6, 6.07) is 51.8. The number of para-hydroxylation sites is 1. The first-order valence-electron chi connectivity index (χ1n) is 15.2. The van der Waals surface area contributed by atoms with Crippen LogP contribution in [-0.2, 0) is 0 Å². The Bertz CT molecular complexity index is 2760. The predicted molar refractivity (Wildman–Crippen MR) is 190 cm³/mol. The molecule has 0 aliphatic rings. The van der Waals surface area contributed by atoms with Crippen molar-refractivity contribution >= 4 is 75.4 Å². The average molecular weight is 593 g/mol. The highest BCUT2D eigenvalue weighted by Gasteiger charge is 2.18. The van der Waals surface area contributed by atoms with E-state index in [9.17, 15) is 0 Å². The van der Waals surface area contributed by atoms with Crippen molar-refractivity contribution in [1.29, 1.82) is 0 Å². The normalized spacial score (nSPS) is 12.0. The van der Waals surface area contributed by atoms with Crippen molar-refractivity contribution in [3.05, 3.63) is 146 Å². The van der Waals surface area contributed by atoms with E-state index >= 15 is 0 Å². The molecule has 0 N–H and O–H groups in total. The second kappa shape index (κ2) is 9.43. The van der Waals surface area contributed by atoms with E-state index < -0.39 is 0 Å². The van der Waals surface area contributed by atoms with Crippen molar-refractivity contribution in [2.75, 3.05) is 0 Å². The maximum atomic E-state index is 6.47. The zero-order valence-corrected chi connectivity index (χ0v) is 24.9. The molecule has 0 bridgehead atoms. The van der Waals surface area contributed by atoms with E-state index in [0.29, 0.717) is 0 Å². The minimum atomic E-state index is 0.889. The summed E-state index contributed by atoms with van der Waals surface area (Å²) >= 11 is 1.87. The molecule has 0 radical (unpaired) electrons. The van der Waals surface area contributed by atoms with Gasteiger partial charge < -0.3 is 8.83 Å². The lowest BCUT2D eigenvalue weighted by atomic mass is 9.93. The standard InChI is InChI=1S/C42H24O2S/c1-3-14-35-31(8-1)34-24-27(22-23-36(34)43-35)29-11-7-16-38-41(29)40-28(10-6-15-37(40)44-38)25-18-20-26(21-19-25)30-12-5-13-33-32-9-2-4-17-39(32)45-42(30)33/h1-24H. The Hall–Kier alpha value is -5.64. The lowest BCUT2D eigenvalue weighted by Crippen LogP contribution is -1.84. The van der Waals surface area contributed by atoms with Crippen molar-refractivity contribution in [1.82, 2.24) is 0 Å². The molecule has 45 heavy (non-hydrogen) atoms. The van der Waals surface area contributed by atoms with Crippen molar-refractivity contribution in [2.24, 2.45) is 0 Å². The predicted octanol–water partition coefficient (Wildman–Crippen LogP) is 12.9. The topological polar surface area (TPSA) is 26.3 Å². The lowest BCUT2D eigenvalue weighted by Gasteiger charge is -2.09. The fraction of sp³-hybridized carbons (Fsp3) is 0. The van der Waals surface area contributed by atoms with Crippen LogP contribution in [0.4, 0.5) is 0 Å². The molecule has 3 heterocycles. The molecule has 7 aromatic carbocycles. The van der Waals surface area contributed by atoms with E-state index in [1.807, 2.05) is 23.5 Å². The minimum Gasteiger partial charge on any atom is -0.456 e. The van der Waals surface area contributed by atoms with Crippen molar-refractivity contribution in [2.45, 2.75) is 0 Å². The molecule has 2 nitrogen and oxygen atoms in total. The van der Waals surface area contributed by atoms with Gasteiger partial charge >= 0.3 is 0 Å². The van der Waals surface area contributed by atoms with Gasteiger partial charge in [-0.3, -0.25) is 0 Å². The summed E-state index contributed by atoms with van der Waals surface area (Å²) < 4.78 is 15.3. The highest BCUT2D eigenvalue weighted by molar-refractivity contribution is 7.26. The zero-order valence-electron chi connectivity index (χ0n) is 24.1. The summed E-state index contributed by atoms with van der Waals surface area (Å²) in [5, 5.41) is 7.17. The fourth-order valence-electron chi connectivity index (χ4n) is 7.05. The van der Waals surface area contributed by atoms with Gasteiger partial charge in [-0.2, -0.15) is 0 Å². The molecule has 210 valence electrons. The van der Waals surface area contributed by atoms with Crippen LogP contribution in [0.5, 0.6) is 0 Å². The molecule has 0 aliphatic heterocycles. The third-order valence-corrected chi connectivity index (χ3v) is 10.3. The molecule has 3 heteroatoms. The number of furan rings is 2. The molecule has 10 rings (SSSR count). The smallest absolute Gasteiger partial charge is 0.136 e. The highest BCUT2D eigenvalue weighted by atomic mass is 32.1. The average Bonchev–Trinajstić information content (AvgIpc) is 3.79. The summed E-state index contributed by atoms with van der Waals surface area (Å²) in [6.45, 7) is 0. The van der Waals surface area contributed by atoms with Gasteiger partial charge in [-0.1, -0.05) is 109 Å². The molecule has 0 fully saturated rings. The second-order valence-electron chi connectivity index (χ2n) is 11.6. The molecule has 0 spiro atoms. The van der Waals surface area contributed by atoms with E-state index in [1.165, 1.54) is 42.4 Å². The molecular weight excluding hydrogens is 569 g/mol. The number of fused-ring (bicyclic) bond motifs is 9. The number of hydrogen-bond acceptors (Lipinski definition) is 3.